The van der Waals surface area contributed by atoms with Gasteiger partial charge in [-0.2, -0.15) is 0 Å². The summed E-state index contributed by atoms with van der Waals surface area (Å²) in [6.45, 7) is 4.99. The van der Waals surface area contributed by atoms with Gasteiger partial charge in [0.15, 0.2) is 5.92 Å². The number of anilines is 1. The predicted molar refractivity (Wildman–Crippen MR) is 122 cm³/mol. The number of carbonyl (C=O) groups excluding carboxylic acids is 2. The van der Waals surface area contributed by atoms with E-state index in [9.17, 15) is 9.59 Å². The molecule has 2 aromatic carbocycles. The maximum atomic E-state index is 13.0. The number of guanidine groups is 1. The van der Waals surface area contributed by atoms with Crippen LogP contribution in [-0.4, -0.2) is 62.6 Å². The van der Waals surface area contributed by atoms with Crippen LogP contribution in [0.4, 0.5) is 5.69 Å². The molecular weight excluding hydrogens is 408 g/mol. The van der Waals surface area contributed by atoms with Crippen molar-refractivity contribution in [3.63, 3.8) is 0 Å². The molecule has 1 fully saturated rings. The predicted octanol–water partition coefficient (Wildman–Crippen LogP) is 2.22. The van der Waals surface area contributed by atoms with Crippen LogP contribution in [0.3, 0.4) is 0 Å². The highest BCUT2D eigenvalue weighted by atomic mass is 16.5. The Morgan fingerprint density at radius 1 is 1.03 bits per heavy atom. The van der Waals surface area contributed by atoms with Gasteiger partial charge in [0.2, 0.25) is 11.9 Å². The van der Waals surface area contributed by atoms with Crippen LogP contribution < -0.4 is 15.0 Å². The summed E-state index contributed by atoms with van der Waals surface area (Å²) in [7, 11) is 1.59. The summed E-state index contributed by atoms with van der Waals surface area (Å²) in [6, 6.07) is 16.9. The van der Waals surface area contributed by atoms with E-state index < -0.39 is 17.9 Å². The molecule has 0 aromatic heterocycles. The van der Waals surface area contributed by atoms with Gasteiger partial charge < -0.3 is 19.3 Å². The molecule has 8 heteroatoms. The lowest BCUT2D eigenvalue weighted by Crippen LogP contribution is -2.57. The van der Waals surface area contributed by atoms with Gasteiger partial charge in [-0.15, -0.1) is 0 Å². The van der Waals surface area contributed by atoms with Gasteiger partial charge in [-0.1, -0.05) is 30.3 Å². The largest absolute Gasteiger partial charge is 0.497 e. The van der Waals surface area contributed by atoms with Crippen LogP contribution in [0, 0.1) is 5.92 Å². The van der Waals surface area contributed by atoms with E-state index in [-0.39, 0.29) is 12.5 Å². The van der Waals surface area contributed by atoms with Crippen LogP contribution >= 0.6 is 0 Å². The number of nitrogens with zero attached hydrogens (tertiary/aromatic N) is 3. The maximum absolute atomic E-state index is 13.0. The molecule has 2 heterocycles. The van der Waals surface area contributed by atoms with Crippen LogP contribution in [0.25, 0.3) is 0 Å². The molecule has 1 N–H and O–H groups in total. The van der Waals surface area contributed by atoms with Gasteiger partial charge in [0, 0.05) is 31.9 Å². The molecule has 1 saturated heterocycles. The first-order chi connectivity index (χ1) is 15.6. The number of ether oxygens (including phenoxy) is 2. The third kappa shape index (κ3) is 4.54. The molecule has 0 unspecified atom stereocenters. The number of esters is 1. The Kier molecular flexibility index (Phi) is 6.58. The van der Waals surface area contributed by atoms with E-state index in [0.717, 1.165) is 18.7 Å². The highest BCUT2D eigenvalue weighted by molar-refractivity contribution is 6.08. The van der Waals surface area contributed by atoms with Crippen molar-refractivity contribution in [3.8, 4) is 5.75 Å². The minimum absolute atomic E-state index is 0.204. The average molecular weight is 437 g/mol. The third-order valence-corrected chi connectivity index (χ3v) is 5.79. The molecule has 2 aromatic rings. The highest BCUT2D eigenvalue weighted by Gasteiger charge is 2.42. The first-order valence-corrected chi connectivity index (χ1v) is 10.8. The number of benzene rings is 2. The zero-order valence-electron chi connectivity index (χ0n) is 18.4. The van der Waals surface area contributed by atoms with Gasteiger partial charge in [-0.05, 0) is 36.8 Å². The van der Waals surface area contributed by atoms with E-state index in [1.807, 2.05) is 30.3 Å². The van der Waals surface area contributed by atoms with Crippen LogP contribution in [0.5, 0.6) is 5.75 Å². The molecule has 0 spiro atoms. The topological polar surface area (TPSA) is 83.5 Å². The number of rotatable bonds is 5. The van der Waals surface area contributed by atoms with Crippen molar-refractivity contribution >= 4 is 23.5 Å². The molecule has 32 heavy (non-hydrogen) atoms. The molecule has 168 valence electrons. The number of para-hydroxylation sites is 1. The summed E-state index contributed by atoms with van der Waals surface area (Å²) < 4.78 is 10.4. The number of hydrogen-bond acceptors (Lipinski definition) is 7. The Morgan fingerprint density at radius 3 is 2.31 bits per heavy atom. The van der Waals surface area contributed by atoms with Crippen LogP contribution in [0.2, 0.25) is 0 Å². The van der Waals surface area contributed by atoms with E-state index in [0.29, 0.717) is 24.8 Å². The minimum atomic E-state index is -1.03. The van der Waals surface area contributed by atoms with E-state index in [1.165, 1.54) is 5.69 Å². The summed E-state index contributed by atoms with van der Waals surface area (Å²) in [6.07, 6.45) is 0. The van der Waals surface area contributed by atoms with Crippen LogP contribution in [-0.2, 0) is 14.3 Å². The number of hydrogen-bond donors (Lipinski definition) is 1. The van der Waals surface area contributed by atoms with Crippen molar-refractivity contribution in [1.29, 1.82) is 0 Å². The fraction of sp³-hybridized carbons (Fsp3) is 0.375. The number of nitrogens with one attached hydrogen (secondary N) is 1. The zero-order chi connectivity index (χ0) is 22.5. The molecule has 1 amide bonds. The van der Waals surface area contributed by atoms with Crippen LogP contribution in [0.15, 0.2) is 59.6 Å². The van der Waals surface area contributed by atoms with Gasteiger partial charge in [-0.25, -0.2) is 4.99 Å². The lowest BCUT2D eigenvalue weighted by Gasteiger charge is -2.39. The second kappa shape index (κ2) is 9.72. The Bertz CT molecular complexity index is 969. The smallest absolute Gasteiger partial charge is 0.321 e. The quantitative estimate of drug-likeness (QED) is 0.572. The summed E-state index contributed by atoms with van der Waals surface area (Å²) in [4.78, 5) is 34.8. The van der Waals surface area contributed by atoms with Crippen LogP contribution in [0.1, 0.15) is 18.5 Å². The number of amides is 1. The van der Waals surface area contributed by atoms with Crippen molar-refractivity contribution in [2.24, 2.45) is 10.9 Å². The summed E-state index contributed by atoms with van der Waals surface area (Å²) in [5, 5.41) is 2.85. The second-order valence-corrected chi connectivity index (χ2v) is 7.70. The number of carbonyl (C=O) groups is 2. The molecule has 0 saturated carbocycles. The average Bonchev–Trinajstić information content (AvgIpc) is 2.84. The lowest BCUT2D eigenvalue weighted by molar-refractivity contribution is -0.153. The molecule has 8 nitrogen and oxygen atoms in total. The first-order valence-electron chi connectivity index (χ1n) is 10.8. The Morgan fingerprint density at radius 2 is 1.69 bits per heavy atom. The Balaban J connectivity index is 1.56. The minimum Gasteiger partial charge on any atom is -0.497 e. The fourth-order valence-corrected chi connectivity index (χ4v) is 4.08. The molecule has 0 aliphatic carbocycles. The number of aliphatic imine (C=N–C) groups is 1. The molecule has 2 aliphatic rings. The van der Waals surface area contributed by atoms with Crippen molar-refractivity contribution in [3.05, 3.63) is 60.2 Å². The Labute approximate surface area is 187 Å². The maximum Gasteiger partial charge on any atom is 0.321 e. The first kappa shape index (κ1) is 21.7. The normalized spacial score (nSPS) is 20.9. The van der Waals surface area contributed by atoms with Gasteiger partial charge in [0.1, 0.15) is 11.8 Å². The van der Waals surface area contributed by atoms with E-state index >= 15 is 0 Å². The number of methoxy groups -OCH3 is 1. The van der Waals surface area contributed by atoms with E-state index in [4.69, 9.17) is 14.5 Å². The summed E-state index contributed by atoms with van der Waals surface area (Å²) in [5.41, 5.74) is 1.94. The van der Waals surface area contributed by atoms with E-state index in [2.05, 4.69) is 27.2 Å². The van der Waals surface area contributed by atoms with Crippen molar-refractivity contribution in [1.82, 2.24) is 10.2 Å². The second-order valence-electron chi connectivity index (χ2n) is 7.70. The molecule has 2 aliphatic heterocycles. The van der Waals surface area contributed by atoms with E-state index in [1.54, 1.807) is 26.2 Å². The van der Waals surface area contributed by atoms with Gasteiger partial charge >= 0.3 is 5.97 Å². The molecular formula is C24H28N4O4. The number of piperazine rings is 1. The lowest BCUT2D eigenvalue weighted by atomic mass is 9.91. The monoisotopic (exact) mass is 436 g/mol. The van der Waals surface area contributed by atoms with Crippen molar-refractivity contribution in [2.75, 3.05) is 44.8 Å². The van der Waals surface area contributed by atoms with Gasteiger partial charge in [-0.3, -0.25) is 14.9 Å². The SMILES string of the molecule is CCOC(=O)[C@H]1C(=O)NC(N2CCN(c3ccccc3)CC2)=N[C@@H]1c1ccc(OC)cc1. The fourth-order valence-electron chi connectivity index (χ4n) is 4.08. The molecule has 2 atom stereocenters. The summed E-state index contributed by atoms with van der Waals surface area (Å²) in [5.74, 6) is -0.785. The molecule has 0 bridgehead atoms. The molecule has 0 radical (unpaired) electrons. The standard InChI is InChI=1S/C24H28N4O4/c1-3-32-23(30)20-21(17-9-11-19(31-2)12-10-17)25-24(26-22(20)29)28-15-13-27(14-16-28)18-7-5-4-6-8-18/h4-12,20-21H,3,13-16H2,1-2H3,(H,25,26,29)/t20-,21-/m1/s1. The van der Waals surface area contributed by atoms with Crippen molar-refractivity contribution < 1.29 is 19.1 Å². The van der Waals surface area contributed by atoms with Gasteiger partial charge in [0.25, 0.3) is 0 Å². The molecule has 4 rings (SSSR count). The van der Waals surface area contributed by atoms with Gasteiger partial charge in [0.05, 0.1) is 13.7 Å². The Hall–Kier alpha value is -3.55. The zero-order valence-corrected chi connectivity index (χ0v) is 18.4. The van der Waals surface area contributed by atoms with Crippen molar-refractivity contribution in [2.45, 2.75) is 13.0 Å². The highest BCUT2D eigenvalue weighted by Crippen LogP contribution is 2.32. The summed E-state index contributed by atoms with van der Waals surface area (Å²) >= 11 is 0. The third-order valence-electron chi connectivity index (χ3n) is 5.79.